The molecule has 0 aliphatic carbocycles. The summed E-state index contributed by atoms with van der Waals surface area (Å²) in [7, 11) is 1.96. The lowest BCUT2D eigenvalue weighted by atomic mass is 10.2. The molecule has 2 nitrogen and oxygen atoms in total. The number of likely N-dealkylation sites (N-methyl/N-ethyl adjacent to an activating group) is 1. The number of halogens is 1. The second-order valence-electron chi connectivity index (χ2n) is 3.10. The van der Waals surface area contributed by atoms with E-state index in [1.165, 1.54) is 5.56 Å². The van der Waals surface area contributed by atoms with Gasteiger partial charge in [-0.15, -0.1) is 0 Å². The van der Waals surface area contributed by atoms with Crippen molar-refractivity contribution in [2.75, 3.05) is 25.1 Å². The number of rotatable bonds is 3. The van der Waals surface area contributed by atoms with E-state index < -0.39 is 0 Å². The summed E-state index contributed by atoms with van der Waals surface area (Å²) in [5, 5.41) is 8.79. The van der Waals surface area contributed by atoms with Crippen LogP contribution in [0.15, 0.2) is 22.7 Å². The molecular formula is C10H14BrNO. The van der Waals surface area contributed by atoms with E-state index in [0.29, 0.717) is 6.54 Å². The summed E-state index contributed by atoms with van der Waals surface area (Å²) < 4.78 is 1.07. The molecule has 1 N–H and O–H groups in total. The monoisotopic (exact) mass is 243 g/mol. The topological polar surface area (TPSA) is 23.5 Å². The highest BCUT2D eigenvalue weighted by molar-refractivity contribution is 9.10. The summed E-state index contributed by atoms with van der Waals surface area (Å²) in [6.45, 7) is 2.89. The third kappa shape index (κ3) is 2.71. The smallest absolute Gasteiger partial charge is 0.0606 e. The van der Waals surface area contributed by atoms with Gasteiger partial charge in [0.05, 0.1) is 12.3 Å². The van der Waals surface area contributed by atoms with Crippen molar-refractivity contribution in [1.29, 1.82) is 0 Å². The quantitative estimate of drug-likeness (QED) is 0.880. The Morgan fingerprint density at radius 2 is 2.15 bits per heavy atom. The van der Waals surface area contributed by atoms with Crippen LogP contribution in [0.25, 0.3) is 0 Å². The van der Waals surface area contributed by atoms with Crippen molar-refractivity contribution < 1.29 is 5.11 Å². The molecular weight excluding hydrogens is 230 g/mol. The molecule has 0 heterocycles. The van der Waals surface area contributed by atoms with Crippen molar-refractivity contribution in [2.24, 2.45) is 0 Å². The molecule has 13 heavy (non-hydrogen) atoms. The molecule has 0 spiro atoms. The molecule has 0 unspecified atom stereocenters. The van der Waals surface area contributed by atoms with Gasteiger partial charge < -0.3 is 10.0 Å². The van der Waals surface area contributed by atoms with Crippen LogP contribution in [-0.4, -0.2) is 25.3 Å². The lowest BCUT2D eigenvalue weighted by Gasteiger charge is -2.19. The average molecular weight is 244 g/mol. The number of aliphatic hydroxyl groups excluding tert-OH is 1. The summed E-state index contributed by atoms with van der Waals surface area (Å²) in [6.07, 6.45) is 0. The third-order valence-electron chi connectivity index (χ3n) is 1.95. The van der Waals surface area contributed by atoms with Gasteiger partial charge in [-0.05, 0) is 40.5 Å². The summed E-state index contributed by atoms with van der Waals surface area (Å²) in [5.74, 6) is 0. The van der Waals surface area contributed by atoms with Gasteiger partial charge in [0, 0.05) is 18.1 Å². The molecule has 0 saturated carbocycles. The van der Waals surface area contributed by atoms with Crippen molar-refractivity contribution in [3.05, 3.63) is 28.2 Å². The van der Waals surface area contributed by atoms with Crippen molar-refractivity contribution in [2.45, 2.75) is 6.92 Å². The van der Waals surface area contributed by atoms with E-state index in [0.717, 1.165) is 10.2 Å². The standard InChI is InChI=1S/C10H14BrNO/c1-8-3-4-10(9(11)7-8)12(2)5-6-13/h3-4,7,13H,5-6H2,1-2H3. The van der Waals surface area contributed by atoms with Crippen LogP contribution in [0.1, 0.15) is 5.56 Å². The molecule has 1 aromatic rings. The van der Waals surface area contributed by atoms with E-state index in [-0.39, 0.29) is 6.61 Å². The summed E-state index contributed by atoms with van der Waals surface area (Å²) in [4.78, 5) is 2.02. The van der Waals surface area contributed by atoms with Crippen molar-refractivity contribution >= 4 is 21.6 Å². The third-order valence-corrected chi connectivity index (χ3v) is 2.58. The molecule has 0 saturated heterocycles. The lowest BCUT2D eigenvalue weighted by molar-refractivity contribution is 0.304. The highest BCUT2D eigenvalue weighted by Crippen LogP contribution is 2.25. The SMILES string of the molecule is Cc1ccc(N(C)CCO)c(Br)c1. The minimum absolute atomic E-state index is 0.177. The first-order chi connectivity index (χ1) is 6.15. The molecule has 1 rings (SSSR count). The molecule has 0 aliphatic heterocycles. The molecule has 72 valence electrons. The van der Waals surface area contributed by atoms with Crippen molar-refractivity contribution in [3.63, 3.8) is 0 Å². The van der Waals surface area contributed by atoms with Crippen LogP contribution >= 0.6 is 15.9 Å². The number of anilines is 1. The van der Waals surface area contributed by atoms with Gasteiger partial charge in [0.2, 0.25) is 0 Å². The molecule has 0 radical (unpaired) electrons. The Bertz CT molecular complexity index is 288. The second-order valence-corrected chi connectivity index (χ2v) is 3.95. The van der Waals surface area contributed by atoms with Gasteiger partial charge in [0.25, 0.3) is 0 Å². The van der Waals surface area contributed by atoms with Crippen LogP contribution in [0.4, 0.5) is 5.69 Å². The molecule has 1 aromatic carbocycles. The number of hydrogen-bond acceptors (Lipinski definition) is 2. The minimum atomic E-state index is 0.177. The van der Waals surface area contributed by atoms with E-state index in [4.69, 9.17) is 5.11 Å². The fourth-order valence-electron chi connectivity index (χ4n) is 1.19. The maximum absolute atomic E-state index is 8.79. The van der Waals surface area contributed by atoms with Crippen molar-refractivity contribution in [3.8, 4) is 0 Å². The largest absolute Gasteiger partial charge is 0.395 e. The number of nitrogens with zero attached hydrogens (tertiary/aromatic N) is 1. The summed E-state index contributed by atoms with van der Waals surface area (Å²) in [5.41, 5.74) is 2.34. The highest BCUT2D eigenvalue weighted by atomic mass is 79.9. The molecule has 0 aromatic heterocycles. The van der Waals surface area contributed by atoms with Gasteiger partial charge in [-0.2, -0.15) is 0 Å². The number of aliphatic hydroxyl groups is 1. The predicted molar refractivity (Wildman–Crippen MR) is 59.2 cm³/mol. The van der Waals surface area contributed by atoms with Crippen LogP contribution < -0.4 is 4.90 Å². The fraction of sp³-hybridized carbons (Fsp3) is 0.400. The first-order valence-corrected chi connectivity index (χ1v) is 5.02. The maximum Gasteiger partial charge on any atom is 0.0606 e. The molecule has 0 fully saturated rings. The zero-order chi connectivity index (χ0) is 9.84. The molecule has 0 atom stereocenters. The Morgan fingerprint density at radius 3 is 2.69 bits per heavy atom. The van der Waals surface area contributed by atoms with Crippen LogP contribution in [0, 0.1) is 6.92 Å². The van der Waals surface area contributed by atoms with Gasteiger partial charge in [-0.25, -0.2) is 0 Å². The van der Waals surface area contributed by atoms with Gasteiger partial charge in [0.15, 0.2) is 0 Å². The summed E-state index contributed by atoms with van der Waals surface area (Å²) in [6, 6.07) is 6.19. The van der Waals surface area contributed by atoms with E-state index in [9.17, 15) is 0 Å². The van der Waals surface area contributed by atoms with Crippen LogP contribution in [0.5, 0.6) is 0 Å². The number of hydrogen-bond donors (Lipinski definition) is 1. The van der Waals surface area contributed by atoms with Gasteiger partial charge in [0.1, 0.15) is 0 Å². The van der Waals surface area contributed by atoms with E-state index in [2.05, 4.69) is 41.1 Å². The first kappa shape index (κ1) is 10.5. The number of benzene rings is 1. The van der Waals surface area contributed by atoms with E-state index in [1.54, 1.807) is 0 Å². The molecule has 0 amide bonds. The molecule has 0 bridgehead atoms. The first-order valence-electron chi connectivity index (χ1n) is 4.23. The normalized spacial score (nSPS) is 10.2. The Morgan fingerprint density at radius 1 is 1.46 bits per heavy atom. The van der Waals surface area contributed by atoms with Crippen LogP contribution in [0.3, 0.4) is 0 Å². The average Bonchev–Trinajstić information content (AvgIpc) is 2.04. The van der Waals surface area contributed by atoms with Gasteiger partial charge >= 0.3 is 0 Å². The van der Waals surface area contributed by atoms with Gasteiger partial charge in [-0.3, -0.25) is 0 Å². The summed E-state index contributed by atoms with van der Waals surface area (Å²) >= 11 is 3.49. The second kappa shape index (κ2) is 4.63. The van der Waals surface area contributed by atoms with Gasteiger partial charge in [-0.1, -0.05) is 6.07 Å². The van der Waals surface area contributed by atoms with E-state index in [1.807, 2.05) is 11.9 Å². The Balaban J connectivity index is 2.88. The molecule has 3 heteroatoms. The zero-order valence-electron chi connectivity index (χ0n) is 7.92. The molecule has 0 aliphatic rings. The fourth-order valence-corrected chi connectivity index (χ4v) is 1.99. The van der Waals surface area contributed by atoms with Crippen LogP contribution in [-0.2, 0) is 0 Å². The highest BCUT2D eigenvalue weighted by Gasteiger charge is 2.04. The van der Waals surface area contributed by atoms with E-state index >= 15 is 0 Å². The Kier molecular flexibility index (Phi) is 3.75. The Labute approximate surface area is 87.3 Å². The zero-order valence-corrected chi connectivity index (χ0v) is 9.50. The van der Waals surface area contributed by atoms with Crippen LogP contribution in [0.2, 0.25) is 0 Å². The predicted octanol–water partition coefficient (Wildman–Crippen LogP) is 2.19. The van der Waals surface area contributed by atoms with Crippen molar-refractivity contribution in [1.82, 2.24) is 0 Å². The minimum Gasteiger partial charge on any atom is -0.395 e. The lowest BCUT2D eigenvalue weighted by Crippen LogP contribution is -2.21. The maximum atomic E-state index is 8.79. The Hall–Kier alpha value is -0.540. The number of aryl methyl sites for hydroxylation is 1.